The highest BCUT2D eigenvalue weighted by molar-refractivity contribution is 5.85. The lowest BCUT2D eigenvalue weighted by molar-refractivity contribution is -0.291. The van der Waals surface area contributed by atoms with Gasteiger partial charge in [-0.3, -0.25) is 0 Å². The van der Waals surface area contributed by atoms with Crippen LogP contribution in [0.5, 0.6) is 0 Å². The summed E-state index contributed by atoms with van der Waals surface area (Å²) < 4.78 is 61.3. The van der Waals surface area contributed by atoms with Crippen molar-refractivity contribution in [3.8, 4) is 0 Å². The predicted molar refractivity (Wildman–Crippen MR) is 51.6 cm³/mol. The zero-order valence-electron chi connectivity index (χ0n) is 7.84. The normalized spacial score (nSPS) is 14.1. The summed E-state index contributed by atoms with van der Waals surface area (Å²) in [6, 6.07) is 4.08. The van der Waals surface area contributed by atoms with Crippen LogP contribution in [0.25, 0.3) is 0 Å². The Kier molecular flexibility index (Phi) is 4.69. The first-order chi connectivity index (χ1) is 6.77. The Morgan fingerprint density at radius 2 is 1.38 bits per heavy atom. The van der Waals surface area contributed by atoms with Crippen LogP contribution in [0, 0.1) is 0 Å². The van der Waals surface area contributed by atoms with Crippen LogP contribution >= 0.6 is 12.4 Å². The van der Waals surface area contributed by atoms with Gasteiger partial charge in [0.05, 0.1) is 0 Å². The third kappa shape index (κ3) is 2.82. The first-order valence-electron chi connectivity index (χ1n) is 4.02. The molecule has 0 bridgehead atoms. The van der Waals surface area contributed by atoms with Crippen LogP contribution in [0.1, 0.15) is 11.6 Å². The van der Waals surface area contributed by atoms with E-state index >= 15 is 0 Å². The molecule has 7 heteroatoms. The molecule has 1 rings (SSSR count). The molecule has 16 heavy (non-hydrogen) atoms. The molecule has 1 aromatic carbocycles. The first kappa shape index (κ1) is 15.1. The van der Waals surface area contributed by atoms with Gasteiger partial charge in [-0.05, 0) is 5.56 Å². The fraction of sp³-hybridized carbons (Fsp3) is 0.333. The second kappa shape index (κ2) is 4.97. The van der Waals surface area contributed by atoms with E-state index in [1.54, 1.807) is 0 Å². The average molecular weight is 262 g/mol. The lowest BCUT2D eigenvalue weighted by Crippen LogP contribution is -2.45. The van der Waals surface area contributed by atoms with Crippen molar-refractivity contribution < 1.29 is 22.0 Å². The van der Waals surface area contributed by atoms with Gasteiger partial charge >= 0.3 is 12.1 Å². The molecule has 1 atom stereocenters. The maximum Gasteiger partial charge on any atom is 0.455 e. The fourth-order valence-corrected chi connectivity index (χ4v) is 1.05. The molecule has 0 unspecified atom stereocenters. The van der Waals surface area contributed by atoms with Crippen LogP contribution in [0.4, 0.5) is 22.0 Å². The molecular weight excluding hydrogens is 253 g/mol. The van der Waals surface area contributed by atoms with Gasteiger partial charge in [0.2, 0.25) is 0 Å². The van der Waals surface area contributed by atoms with Crippen LogP contribution in [-0.2, 0) is 0 Å². The van der Waals surface area contributed by atoms with E-state index in [0.717, 1.165) is 12.1 Å². The van der Waals surface area contributed by atoms with Crippen molar-refractivity contribution in [3.05, 3.63) is 35.9 Å². The van der Waals surface area contributed by atoms with E-state index in [9.17, 15) is 22.0 Å². The van der Waals surface area contributed by atoms with Crippen molar-refractivity contribution >= 4 is 12.4 Å². The number of alkyl halides is 5. The fourth-order valence-electron chi connectivity index (χ4n) is 1.05. The zero-order valence-corrected chi connectivity index (χ0v) is 8.66. The quantitative estimate of drug-likeness (QED) is 0.812. The summed E-state index contributed by atoms with van der Waals surface area (Å²) in [5, 5.41) is 0. The predicted octanol–water partition coefficient (Wildman–Crippen LogP) is 3.31. The largest absolute Gasteiger partial charge is 0.455 e. The molecule has 1 nitrogen and oxygen atoms in total. The minimum absolute atomic E-state index is 0. The lowest BCUT2D eigenvalue weighted by atomic mass is 10.0. The first-order valence-corrected chi connectivity index (χ1v) is 4.02. The Labute approximate surface area is 94.8 Å². The van der Waals surface area contributed by atoms with Gasteiger partial charge in [0.15, 0.2) is 0 Å². The third-order valence-corrected chi connectivity index (χ3v) is 1.93. The summed E-state index contributed by atoms with van der Waals surface area (Å²) in [4.78, 5) is 0. The molecule has 0 aliphatic carbocycles. The van der Waals surface area contributed by atoms with Gasteiger partial charge in [-0.1, -0.05) is 30.3 Å². The number of nitrogens with two attached hydrogens (primary N) is 1. The maximum absolute atomic E-state index is 12.8. The molecule has 0 aromatic heterocycles. The Hall–Kier alpha value is -0.880. The van der Waals surface area contributed by atoms with E-state index in [1.807, 2.05) is 0 Å². The van der Waals surface area contributed by atoms with E-state index in [4.69, 9.17) is 5.73 Å². The SMILES string of the molecule is Cl.N[C@H](c1ccccc1)C(F)(F)C(F)(F)F. The molecule has 0 saturated heterocycles. The summed E-state index contributed by atoms with van der Waals surface area (Å²) in [6.07, 6.45) is -5.64. The standard InChI is InChI=1S/C9H8F5N.ClH/c10-8(11,9(12,13)14)7(15)6-4-2-1-3-5-6;/h1-5,7H,15H2;1H/t7-;/m1./s1. The zero-order chi connectivity index (χ0) is 11.7. The number of hydrogen-bond acceptors (Lipinski definition) is 1. The van der Waals surface area contributed by atoms with Crippen molar-refractivity contribution in [1.82, 2.24) is 0 Å². The summed E-state index contributed by atoms with van der Waals surface area (Å²) in [5.74, 6) is -4.92. The molecule has 2 N–H and O–H groups in total. The van der Waals surface area contributed by atoms with Crippen molar-refractivity contribution in [2.24, 2.45) is 5.73 Å². The number of benzene rings is 1. The minimum atomic E-state index is -5.64. The van der Waals surface area contributed by atoms with E-state index in [1.165, 1.54) is 18.2 Å². The summed E-state index contributed by atoms with van der Waals surface area (Å²) >= 11 is 0. The van der Waals surface area contributed by atoms with Gasteiger partial charge < -0.3 is 5.73 Å². The number of rotatable bonds is 2. The van der Waals surface area contributed by atoms with Crippen LogP contribution in [0.2, 0.25) is 0 Å². The Morgan fingerprint density at radius 1 is 0.938 bits per heavy atom. The van der Waals surface area contributed by atoms with Gasteiger partial charge in [0.25, 0.3) is 0 Å². The van der Waals surface area contributed by atoms with Gasteiger partial charge in [0, 0.05) is 0 Å². The second-order valence-corrected chi connectivity index (χ2v) is 3.01. The molecule has 1 aromatic rings. The second-order valence-electron chi connectivity index (χ2n) is 3.01. The van der Waals surface area contributed by atoms with Crippen LogP contribution in [0.15, 0.2) is 30.3 Å². The van der Waals surface area contributed by atoms with Crippen molar-refractivity contribution in [3.63, 3.8) is 0 Å². The Morgan fingerprint density at radius 3 is 1.75 bits per heavy atom. The summed E-state index contributed by atoms with van der Waals surface area (Å²) in [6.45, 7) is 0. The van der Waals surface area contributed by atoms with Crippen LogP contribution in [0.3, 0.4) is 0 Å². The van der Waals surface area contributed by atoms with Gasteiger partial charge in [0.1, 0.15) is 6.04 Å². The molecule has 0 saturated carbocycles. The molecular formula is C9H9ClF5N. The smallest absolute Gasteiger partial charge is 0.319 e. The lowest BCUT2D eigenvalue weighted by Gasteiger charge is -2.25. The molecule has 92 valence electrons. The highest BCUT2D eigenvalue weighted by Gasteiger charge is 2.61. The topological polar surface area (TPSA) is 26.0 Å². The van der Waals surface area contributed by atoms with Gasteiger partial charge in [-0.2, -0.15) is 22.0 Å². The molecule has 0 aliphatic heterocycles. The van der Waals surface area contributed by atoms with Crippen molar-refractivity contribution in [1.29, 1.82) is 0 Å². The van der Waals surface area contributed by atoms with E-state index in [0.29, 0.717) is 0 Å². The number of hydrogen-bond donors (Lipinski definition) is 1. The highest BCUT2D eigenvalue weighted by Crippen LogP contribution is 2.43. The van der Waals surface area contributed by atoms with Gasteiger partial charge in [-0.25, -0.2) is 0 Å². The van der Waals surface area contributed by atoms with Crippen molar-refractivity contribution in [2.75, 3.05) is 0 Å². The molecule has 0 amide bonds. The molecule has 0 radical (unpaired) electrons. The summed E-state index contributed by atoms with van der Waals surface area (Å²) in [5.41, 5.74) is 4.64. The maximum atomic E-state index is 12.8. The highest BCUT2D eigenvalue weighted by atomic mass is 35.5. The Bertz CT molecular complexity index is 324. The van der Waals surface area contributed by atoms with Crippen molar-refractivity contribution in [2.45, 2.75) is 18.1 Å². The van der Waals surface area contributed by atoms with Crippen LogP contribution in [-0.4, -0.2) is 12.1 Å². The minimum Gasteiger partial charge on any atom is -0.319 e. The van der Waals surface area contributed by atoms with Crippen LogP contribution < -0.4 is 5.73 Å². The Balaban J connectivity index is 0.00000225. The summed E-state index contributed by atoms with van der Waals surface area (Å²) in [7, 11) is 0. The van der Waals surface area contributed by atoms with E-state index < -0.39 is 18.1 Å². The molecule has 0 heterocycles. The average Bonchev–Trinajstić information content (AvgIpc) is 2.16. The molecule has 0 aliphatic rings. The molecule has 0 fully saturated rings. The number of halogens is 6. The monoisotopic (exact) mass is 261 g/mol. The van der Waals surface area contributed by atoms with E-state index in [-0.39, 0.29) is 18.0 Å². The van der Waals surface area contributed by atoms with Gasteiger partial charge in [-0.15, -0.1) is 12.4 Å². The van der Waals surface area contributed by atoms with E-state index in [2.05, 4.69) is 0 Å². The molecule has 0 spiro atoms. The third-order valence-electron chi connectivity index (χ3n) is 1.93.